The Labute approximate surface area is 135 Å². The van der Waals surface area contributed by atoms with E-state index in [9.17, 15) is 23.3 Å². The van der Waals surface area contributed by atoms with E-state index in [4.69, 9.17) is 0 Å². The predicted molar refractivity (Wildman–Crippen MR) is 83.3 cm³/mol. The van der Waals surface area contributed by atoms with E-state index in [2.05, 4.69) is 4.74 Å². The number of rotatable bonds is 8. The molecule has 0 unspecified atom stereocenters. The van der Waals surface area contributed by atoms with Gasteiger partial charge in [-0.25, -0.2) is 8.42 Å². The van der Waals surface area contributed by atoms with Crippen LogP contribution in [0, 0.1) is 16.0 Å². The Balaban J connectivity index is 3.22. The maximum Gasteiger partial charge on any atom is 0.306 e. The molecule has 0 bridgehead atoms. The van der Waals surface area contributed by atoms with Crippen LogP contribution in [0.25, 0.3) is 0 Å². The van der Waals surface area contributed by atoms with Crippen molar-refractivity contribution in [3.63, 3.8) is 0 Å². The monoisotopic (exact) mass is 344 g/mol. The first-order chi connectivity index (χ1) is 10.7. The van der Waals surface area contributed by atoms with Gasteiger partial charge >= 0.3 is 5.97 Å². The normalized spacial score (nSPS) is 11.7. The number of nitrogens with zero attached hydrogens (tertiary/aromatic N) is 2. The summed E-state index contributed by atoms with van der Waals surface area (Å²) in [5.41, 5.74) is -0.487. The standard InChI is InChI=1S/C14H20N2O6S/c1-11(2)10-15(9-8-14(17)22-3)23(20,21)13-7-5-4-6-12(13)16(18)19/h4-7,11H,8-10H2,1-3H3. The average molecular weight is 344 g/mol. The number of para-hydroxylation sites is 1. The van der Waals surface area contributed by atoms with Crippen LogP contribution in [0.4, 0.5) is 5.69 Å². The number of hydrogen-bond donors (Lipinski definition) is 0. The predicted octanol–water partition coefficient (Wildman–Crippen LogP) is 1.80. The molecule has 23 heavy (non-hydrogen) atoms. The van der Waals surface area contributed by atoms with Gasteiger partial charge in [-0.3, -0.25) is 14.9 Å². The van der Waals surface area contributed by atoms with Crippen LogP contribution in [0.15, 0.2) is 29.2 Å². The number of nitro benzene ring substituents is 1. The Hall–Kier alpha value is -2.00. The molecule has 0 spiro atoms. The molecule has 0 aliphatic rings. The Bertz CT molecular complexity index is 672. The van der Waals surface area contributed by atoms with Crippen molar-refractivity contribution in [3.8, 4) is 0 Å². The van der Waals surface area contributed by atoms with Gasteiger partial charge in [0.2, 0.25) is 10.0 Å². The number of carbonyl (C=O) groups is 1. The third-order valence-electron chi connectivity index (χ3n) is 3.04. The Morgan fingerprint density at radius 1 is 1.35 bits per heavy atom. The molecule has 9 heteroatoms. The van der Waals surface area contributed by atoms with Crippen LogP contribution in [0.2, 0.25) is 0 Å². The zero-order chi connectivity index (χ0) is 17.6. The van der Waals surface area contributed by atoms with Gasteiger partial charge in [0.05, 0.1) is 18.5 Å². The zero-order valence-corrected chi connectivity index (χ0v) is 14.1. The highest BCUT2D eigenvalue weighted by Gasteiger charge is 2.31. The number of nitro groups is 1. The molecule has 1 rings (SSSR count). The summed E-state index contributed by atoms with van der Waals surface area (Å²) in [5.74, 6) is -0.554. The number of esters is 1. The van der Waals surface area contributed by atoms with Gasteiger partial charge in [0.25, 0.3) is 5.69 Å². The third-order valence-corrected chi connectivity index (χ3v) is 4.95. The van der Waals surface area contributed by atoms with Crippen molar-refractivity contribution >= 4 is 21.7 Å². The summed E-state index contributed by atoms with van der Waals surface area (Å²) in [6, 6.07) is 5.16. The Morgan fingerprint density at radius 2 is 1.96 bits per heavy atom. The topological polar surface area (TPSA) is 107 Å². The quantitative estimate of drug-likeness (QED) is 0.404. The van der Waals surface area contributed by atoms with Crippen LogP contribution in [0.1, 0.15) is 20.3 Å². The molecule has 8 nitrogen and oxygen atoms in total. The minimum absolute atomic E-state index is 0.00908. The van der Waals surface area contributed by atoms with Crippen molar-refractivity contribution in [2.24, 2.45) is 5.92 Å². The summed E-state index contributed by atoms with van der Waals surface area (Å²) in [6.07, 6.45) is -0.122. The third kappa shape index (κ3) is 5.00. The lowest BCUT2D eigenvalue weighted by Crippen LogP contribution is -2.36. The van der Waals surface area contributed by atoms with Crippen LogP contribution in [-0.4, -0.2) is 43.8 Å². The lowest BCUT2D eigenvalue weighted by molar-refractivity contribution is -0.387. The fourth-order valence-corrected chi connectivity index (χ4v) is 3.76. The van der Waals surface area contributed by atoms with Crippen molar-refractivity contribution < 1.29 is 22.9 Å². The molecule has 0 aromatic heterocycles. The lowest BCUT2D eigenvalue weighted by atomic mass is 10.2. The number of carbonyl (C=O) groups excluding carboxylic acids is 1. The van der Waals surface area contributed by atoms with Crippen molar-refractivity contribution in [2.45, 2.75) is 25.2 Å². The molecule has 0 saturated carbocycles. The molecule has 0 amide bonds. The van der Waals surface area contributed by atoms with Gasteiger partial charge in [-0.2, -0.15) is 4.31 Å². The summed E-state index contributed by atoms with van der Waals surface area (Å²) < 4.78 is 31.1. The first-order valence-corrected chi connectivity index (χ1v) is 8.44. The lowest BCUT2D eigenvalue weighted by Gasteiger charge is -2.23. The SMILES string of the molecule is COC(=O)CCN(CC(C)C)S(=O)(=O)c1ccccc1[N+](=O)[O-]. The van der Waals surface area contributed by atoms with Crippen molar-refractivity contribution in [1.29, 1.82) is 0 Å². The van der Waals surface area contributed by atoms with Crippen LogP contribution in [-0.2, 0) is 19.6 Å². The number of methoxy groups -OCH3 is 1. The van der Waals surface area contributed by atoms with Gasteiger partial charge in [0.1, 0.15) is 0 Å². The molecule has 0 fully saturated rings. The maximum atomic E-state index is 12.8. The highest BCUT2D eigenvalue weighted by Crippen LogP contribution is 2.26. The summed E-state index contributed by atoms with van der Waals surface area (Å²) in [7, 11) is -2.88. The van der Waals surface area contributed by atoms with E-state index in [0.29, 0.717) is 0 Å². The number of sulfonamides is 1. The number of ether oxygens (including phenoxy) is 1. The molecule has 0 aliphatic heterocycles. The van der Waals surface area contributed by atoms with Gasteiger partial charge in [0.15, 0.2) is 4.90 Å². The summed E-state index contributed by atoms with van der Waals surface area (Å²) in [5, 5.41) is 11.1. The molecule has 0 atom stereocenters. The van der Waals surface area contributed by atoms with Crippen molar-refractivity contribution in [3.05, 3.63) is 34.4 Å². The van der Waals surface area contributed by atoms with Crippen molar-refractivity contribution in [1.82, 2.24) is 4.31 Å². The van der Waals surface area contributed by atoms with E-state index in [-0.39, 0.29) is 30.3 Å². The molecular formula is C14H20N2O6S. The molecule has 1 aromatic carbocycles. The minimum Gasteiger partial charge on any atom is -0.469 e. The second kappa shape index (κ2) is 8.02. The van der Waals surface area contributed by atoms with E-state index >= 15 is 0 Å². The summed E-state index contributed by atoms with van der Waals surface area (Å²) >= 11 is 0. The molecular weight excluding hydrogens is 324 g/mol. The zero-order valence-electron chi connectivity index (χ0n) is 13.3. The minimum atomic E-state index is -4.09. The second-order valence-electron chi connectivity index (χ2n) is 5.31. The Kier molecular flexibility index (Phi) is 6.64. The van der Waals surface area contributed by atoms with Gasteiger partial charge in [0, 0.05) is 19.2 Å². The van der Waals surface area contributed by atoms with E-state index in [1.807, 2.05) is 13.8 Å². The van der Waals surface area contributed by atoms with Gasteiger partial charge < -0.3 is 4.74 Å². The maximum absolute atomic E-state index is 12.8. The highest BCUT2D eigenvalue weighted by atomic mass is 32.2. The second-order valence-corrected chi connectivity index (χ2v) is 7.21. The molecule has 0 radical (unpaired) electrons. The molecule has 0 aliphatic carbocycles. The molecule has 0 saturated heterocycles. The smallest absolute Gasteiger partial charge is 0.306 e. The van der Waals surface area contributed by atoms with Gasteiger partial charge in [-0.15, -0.1) is 0 Å². The fraction of sp³-hybridized carbons (Fsp3) is 0.500. The summed E-state index contributed by atoms with van der Waals surface area (Å²) in [4.78, 5) is 21.2. The van der Waals surface area contributed by atoms with Crippen LogP contribution in [0.5, 0.6) is 0 Å². The summed E-state index contributed by atoms with van der Waals surface area (Å²) in [6.45, 7) is 3.69. The van der Waals surface area contributed by atoms with Crippen molar-refractivity contribution in [2.75, 3.05) is 20.2 Å². The largest absolute Gasteiger partial charge is 0.469 e. The van der Waals surface area contributed by atoms with Crippen LogP contribution < -0.4 is 0 Å². The van der Waals surface area contributed by atoms with E-state index in [1.54, 1.807) is 0 Å². The Morgan fingerprint density at radius 3 is 2.48 bits per heavy atom. The first kappa shape index (κ1) is 19.0. The van der Waals surface area contributed by atoms with E-state index in [1.165, 1.54) is 25.3 Å². The molecule has 128 valence electrons. The van der Waals surface area contributed by atoms with Gasteiger partial charge in [-0.1, -0.05) is 26.0 Å². The average Bonchev–Trinajstić information content (AvgIpc) is 2.50. The highest BCUT2D eigenvalue weighted by molar-refractivity contribution is 7.89. The van der Waals surface area contributed by atoms with Crippen LogP contribution in [0.3, 0.4) is 0 Å². The van der Waals surface area contributed by atoms with E-state index < -0.39 is 26.6 Å². The van der Waals surface area contributed by atoms with Gasteiger partial charge in [-0.05, 0) is 12.0 Å². The fourth-order valence-electron chi connectivity index (χ4n) is 2.00. The molecule has 1 aromatic rings. The number of hydrogen-bond acceptors (Lipinski definition) is 6. The number of benzene rings is 1. The van der Waals surface area contributed by atoms with Crippen LogP contribution >= 0.6 is 0 Å². The van der Waals surface area contributed by atoms with E-state index in [0.717, 1.165) is 10.4 Å². The molecule has 0 N–H and O–H groups in total. The first-order valence-electron chi connectivity index (χ1n) is 7.00. The molecule has 0 heterocycles.